The van der Waals surface area contributed by atoms with Gasteiger partial charge < -0.3 is 25.0 Å². The van der Waals surface area contributed by atoms with E-state index >= 15 is 0 Å². The summed E-state index contributed by atoms with van der Waals surface area (Å²) in [7, 11) is 1.95. The number of amides is 1. The third-order valence-electron chi connectivity index (χ3n) is 4.93. The summed E-state index contributed by atoms with van der Waals surface area (Å²) >= 11 is 0. The van der Waals surface area contributed by atoms with Crippen molar-refractivity contribution in [3.8, 4) is 0 Å². The monoisotopic (exact) mass is 331 g/mol. The summed E-state index contributed by atoms with van der Waals surface area (Å²) in [6.07, 6.45) is 1.86. The average Bonchev–Trinajstić information content (AvgIpc) is 3.20. The zero-order valence-electron chi connectivity index (χ0n) is 14.0. The quantitative estimate of drug-likeness (QED) is 0.731. The second kappa shape index (κ2) is 7.34. The van der Waals surface area contributed by atoms with Gasteiger partial charge in [-0.15, -0.1) is 0 Å². The van der Waals surface area contributed by atoms with Crippen LogP contribution in [0.2, 0.25) is 0 Å². The molecule has 24 heavy (non-hydrogen) atoms. The molecule has 2 atom stereocenters. The summed E-state index contributed by atoms with van der Waals surface area (Å²) in [5.74, 6) is 0.325. The van der Waals surface area contributed by atoms with Gasteiger partial charge in [-0.05, 0) is 36.6 Å². The fourth-order valence-electron chi connectivity index (χ4n) is 3.54. The number of rotatable bonds is 6. The minimum Gasteiger partial charge on any atom is -0.396 e. The molecule has 1 saturated heterocycles. The minimum absolute atomic E-state index is 0.0114. The van der Waals surface area contributed by atoms with Crippen LogP contribution in [0.15, 0.2) is 30.5 Å². The summed E-state index contributed by atoms with van der Waals surface area (Å²) in [5, 5.41) is 19.8. The molecule has 2 heterocycles. The Kier molecular flexibility index (Phi) is 5.18. The number of hydrogen-bond acceptors (Lipinski definition) is 4. The van der Waals surface area contributed by atoms with Crippen LogP contribution in [0.25, 0.3) is 10.9 Å². The number of H-pyrrole nitrogens is 1. The van der Waals surface area contributed by atoms with Crippen LogP contribution in [0.1, 0.15) is 10.4 Å². The van der Waals surface area contributed by atoms with E-state index in [-0.39, 0.29) is 31.0 Å². The second-order valence-electron chi connectivity index (χ2n) is 6.68. The van der Waals surface area contributed by atoms with Gasteiger partial charge in [0.15, 0.2) is 0 Å². The molecule has 6 nitrogen and oxygen atoms in total. The predicted molar refractivity (Wildman–Crippen MR) is 92.9 cm³/mol. The highest BCUT2D eigenvalue weighted by molar-refractivity contribution is 5.98. The van der Waals surface area contributed by atoms with Crippen molar-refractivity contribution in [2.24, 2.45) is 11.8 Å². The molecule has 1 aromatic carbocycles. The Hall–Kier alpha value is -1.89. The molecule has 1 amide bonds. The highest BCUT2D eigenvalue weighted by Gasteiger charge is 2.35. The van der Waals surface area contributed by atoms with Gasteiger partial charge in [0, 0.05) is 56.0 Å². The van der Waals surface area contributed by atoms with Crippen LogP contribution in [0.4, 0.5) is 0 Å². The summed E-state index contributed by atoms with van der Waals surface area (Å²) in [4.78, 5) is 19.8. The average molecular weight is 331 g/mol. The smallest absolute Gasteiger partial charge is 0.253 e. The zero-order chi connectivity index (χ0) is 17.1. The van der Waals surface area contributed by atoms with E-state index in [1.54, 1.807) is 0 Å². The highest BCUT2D eigenvalue weighted by atomic mass is 16.3. The summed E-state index contributed by atoms with van der Waals surface area (Å²) in [6.45, 7) is 2.79. The SMILES string of the molecule is CN(CCO)C[C@@H]1CN(C(=O)c2ccc3cc[nH]c3c2)C[C@@H]1CO. The van der Waals surface area contributed by atoms with Crippen molar-refractivity contribution >= 4 is 16.8 Å². The molecule has 0 unspecified atom stereocenters. The molecule has 3 rings (SSSR count). The van der Waals surface area contributed by atoms with Crippen LogP contribution >= 0.6 is 0 Å². The maximum Gasteiger partial charge on any atom is 0.253 e. The molecule has 130 valence electrons. The van der Waals surface area contributed by atoms with Gasteiger partial charge in [0.1, 0.15) is 0 Å². The number of nitrogens with zero attached hydrogens (tertiary/aromatic N) is 2. The lowest BCUT2D eigenvalue weighted by molar-refractivity contribution is 0.0779. The predicted octanol–water partition coefficient (Wildman–Crippen LogP) is 0.772. The van der Waals surface area contributed by atoms with Crippen LogP contribution in [-0.4, -0.2) is 77.3 Å². The Balaban J connectivity index is 1.70. The van der Waals surface area contributed by atoms with Crippen LogP contribution in [-0.2, 0) is 0 Å². The van der Waals surface area contributed by atoms with Crippen LogP contribution in [0, 0.1) is 11.8 Å². The van der Waals surface area contributed by atoms with Crippen molar-refractivity contribution in [3.63, 3.8) is 0 Å². The lowest BCUT2D eigenvalue weighted by Crippen LogP contribution is -2.33. The number of aromatic nitrogens is 1. The first-order valence-electron chi connectivity index (χ1n) is 8.39. The van der Waals surface area contributed by atoms with Gasteiger partial charge in [0.2, 0.25) is 0 Å². The van der Waals surface area contributed by atoms with Crippen molar-refractivity contribution in [1.82, 2.24) is 14.8 Å². The lowest BCUT2D eigenvalue weighted by atomic mass is 9.96. The number of aliphatic hydroxyl groups is 2. The van der Waals surface area contributed by atoms with E-state index in [4.69, 9.17) is 5.11 Å². The van der Waals surface area contributed by atoms with E-state index in [9.17, 15) is 9.90 Å². The summed E-state index contributed by atoms with van der Waals surface area (Å²) in [5.41, 5.74) is 1.63. The van der Waals surface area contributed by atoms with Crippen LogP contribution in [0.5, 0.6) is 0 Å². The molecule has 1 fully saturated rings. The Morgan fingerprint density at radius 3 is 2.83 bits per heavy atom. The van der Waals surface area contributed by atoms with E-state index in [0.29, 0.717) is 25.2 Å². The van der Waals surface area contributed by atoms with Crippen molar-refractivity contribution in [2.45, 2.75) is 0 Å². The molecule has 0 bridgehead atoms. The zero-order valence-corrected chi connectivity index (χ0v) is 14.0. The molecular formula is C18H25N3O3. The van der Waals surface area contributed by atoms with E-state index in [2.05, 4.69) is 4.98 Å². The van der Waals surface area contributed by atoms with Crippen molar-refractivity contribution < 1.29 is 15.0 Å². The topological polar surface area (TPSA) is 79.8 Å². The van der Waals surface area contributed by atoms with Crippen molar-refractivity contribution in [1.29, 1.82) is 0 Å². The number of hydrogen-bond donors (Lipinski definition) is 3. The molecule has 2 aromatic rings. The molecule has 1 aliphatic rings. The second-order valence-corrected chi connectivity index (χ2v) is 6.68. The lowest BCUT2D eigenvalue weighted by Gasteiger charge is -2.23. The summed E-state index contributed by atoms with van der Waals surface area (Å²) < 4.78 is 0. The van der Waals surface area contributed by atoms with E-state index in [0.717, 1.165) is 17.4 Å². The number of likely N-dealkylation sites (tertiary alicyclic amines) is 1. The standard InChI is InChI=1S/C18H25N3O3/c1-20(6-7-22)9-15-10-21(11-16(15)12-23)18(24)14-3-2-13-4-5-19-17(13)8-14/h2-5,8,15-16,19,22-23H,6-7,9-12H2,1H3/t15-,16-/m1/s1. The maximum absolute atomic E-state index is 12.8. The molecule has 1 aromatic heterocycles. The van der Waals surface area contributed by atoms with Gasteiger partial charge in [-0.2, -0.15) is 0 Å². The van der Waals surface area contributed by atoms with Gasteiger partial charge in [0.25, 0.3) is 5.91 Å². The molecule has 6 heteroatoms. The van der Waals surface area contributed by atoms with E-state index < -0.39 is 0 Å². The third-order valence-corrected chi connectivity index (χ3v) is 4.93. The number of carbonyl (C=O) groups excluding carboxylic acids is 1. The molecule has 0 aliphatic carbocycles. The third kappa shape index (κ3) is 3.45. The van der Waals surface area contributed by atoms with E-state index in [1.165, 1.54) is 0 Å². The largest absolute Gasteiger partial charge is 0.396 e. The van der Waals surface area contributed by atoms with Crippen LogP contribution < -0.4 is 0 Å². The number of benzene rings is 1. The highest BCUT2D eigenvalue weighted by Crippen LogP contribution is 2.26. The Labute approximate surface area is 141 Å². The number of aromatic amines is 1. The first kappa shape index (κ1) is 17.0. The first-order chi connectivity index (χ1) is 11.6. The molecule has 0 saturated carbocycles. The molecule has 0 spiro atoms. The van der Waals surface area contributed by atoms with E-state index in [1.807, 2.05) is 47.3 Å². The molecule has 0 radical (unpaired) electrons. The van der Waals surface area contributed by atoms with Crippen molar-refractivity contribution in [3.05, 3.63) is 36.0 Å². The number of likely N-dealkylation sites (N-methyl/N-ethyl adjacent to an activating group) is 1. The van der Waals surface area contributed by atoms with Gasteiger partial charge >= 0.3 is 0 Å². The minimum atomic E-state index is 0.0114. The van der Waals surface area contributed by atoms with Crippen LogP contribution in [0.3, 0.4) is 0 Å². The van der Waals surface area contributed by atoms with Gasteiger partial charge in [0.05, 0.1) is 6.61 Å². The Morgan fingerprint density at radius 1 is 1.29 bits per heavy atom. The summed E-state index contributed by atoms with van der Waals surface area (Å²) in [6, 6.07) is 7.67. The molecular weight excluding hydrogens is 306 g/mol. The first-order valence-corrected chi connectivity index (χ1v) is 8.39. The number of fused-ring (bicyclic) bond motifs is 1. The number of aliphatic hydroxyl groups excluding tert-OH is 2. The Morgan fingerprint density at radius 2 is 2.08 bits per heavy atom. The number of carbonyl (C=O) groups is 1. The fraction of sp³-hybridized carbons (Fsp3) is 0.500. The van der Waals surface area contributed by atoms with Gasteiger partial charge in [-0.3, -0.25) is 4.79 Å². The normalized spacial score (nSPS) is 21.1. The Bertz CT molecular complexity index is 700. The fourth-order valence-corrected chi connectivity index (χ4v) is 3.54. The van der Waals surface area contributed by atoms with Gasteiger partial charge in [-0.25, -0.2) is 0 Å². The maximum atomic E-state index is 12.8. The van der Waals surface area contributed by atoms with Crippen molar-refractivity contribution in [2.75, 3.05) is 46.4 Å². The molecule has 3 N–H and O–H groups in total. The van der Waals surface area contributed by atoms with Gasteiger partial charge in [-0.1, -0.05) is 6.07 Å². The molecule has 1 aliphatic heterocycles. The number of nitrogens with one attached hydrogen (secondary N) is 1.